The summed E-state index contributed by atoms with van der Waals surface area (Å²) >= 11 is 12.0. The Morgan fingerprint density at radius 1 is 1.29 bits per heavy atom. The van der Waals surface area contributed by atoms with Gasteiger partial charge in [-0.2, -0.15) is 5.10 Å². The van der Waals surface area contributed by atoms with Crippen molar-refractivity contribution < 1.29 is 14.3 Å². The molecule has 5 nitrogen and oxygen atoms in total. The van der Waals surface area contributed by atoms with E-state index in [4.69, 9.17) is 32.7 Å². The summed E-state index contributed by atoms with van der Waals surface area (Å²) in [5.74, 6) is 0.603. The minimum absolute atomic E-state index is 0.363. The molecule has 0 aliphatic rings. The average Bonchev–Trinajstić information content (AvgIpc) is 2.57. The zero-order valence-corrected chi connectivity index (χ0v) is 14.7. The third-order valence-electron chi connectivity index (χ3n) is 3.01. The molecule has 0 saturated carbocycles. The highest BCUT2D eigenvalue weighted by atomic mass is 35.5. The summed E-state index contributed by atoms with van der Waals surface area (Å²) in [6.45, 7) is 2.33. The van der Waals surface area contributed by atoms with E-state index in [2.05, 4.69) is 10.5 Å². The molecule has 7 heteroatoms. The van der Waals surface area contributed by atoms with Gasteiger partial charge in [0.05, 0.1) is 25.0 Å². The second-order valence-electron chi connectivity index (χ2n) is 4.68. The highest BCUT2D eigenvalue weighted by Crippen LogP contribution is 2.35. The van der Waals surface area contributed by atoms with Crippen LogP contribution < -0.4 is 14.9 Å². The van der Waals surface area contributed by atoms with E-state index in [0.29, 0.717) is 39.3 Å². The number of halogens is 2. The number of carbonyl (C=O) groups is 1. The van der Waals surface area contributed by atoms with Crippen LogP contribution in [-0.4, -0.2) is 25.8 Å². The summed E-state index contributed by atoms with van der Waals surface area (Å²) in [4.78, 5) is 12.0. The molecule has 24 heavy (non-hydrogen) atoms. The predicted octanol–water partition coefficient (Wildman–Crippen LogP) is 4.16. The average molecular weight is 367 g/mol. The van der Waals surface area contributed by atoms with Crippen molar-refractivity contribution in [2.45, 2.75) is 6.92 Å². The highest BCUT2D eigenvalue weighted by Gasteiger charge is 2.11. The van der Waals surface area contributed by atoms with Gasteiger partial charge in [-0.15, -0.1) is 0 Å². The lowest BCUT2D eigenvalue weighted by Crippen LogP contribution is -2.17. The molecule has 0 aliphatic heterocycles. The summed E-state index contributed by atoms with van der Waals surface area (Å²) < 4.78 is 10.7. The number of methoxy groups -OCH3 is 1. The van der Waals surface area contributed by atoms with Crippen molar-refractivity contribution in [3.8, 4) is 11.5 Å². The van der Waals surface area contributed by atoms with E-state index >= 15 is 0 Å². The first-order chi connectivity index (χ1) is 11.5. The lowest BCUT2D eigenvalue weighted by atomic mass is 10.2. The topological polar surface area (TPSA) is 59.9 Å². The summed E-state index contributed by atoms with van der Waals surface area (Å²) in [6.07, 6.45) is 1.46. The second-order valence-corrected chi connectivity index (χ2v) is 5.52. The Morgan fingerprint density at radius 2 is 2.08 bits per heavy atom. The molecule has 2 aromatic carbocycles. The Morgan fingerprint density at radius 3 is 2.75 bits per heavy atom. The smallest absolute Gasteiger partial charge is 0.271 e. The number of nitrogens with zero attached hydrogens (tertiary/aromatic N) is 1. The Bertz CT molecular complexity index is 763. The van der Waals surface area contributed by atoms with Crippen LogP contribution >= 0.6 is 23.2 Å². The maximum Gasteiger partial charge on any atom is 0.271 e. The highest BCUT2D eigenvalue weighted by molar-refractivity contribution is 6.32. The molecule has 0 unspecified atom stereocenters. The van der Waals surface area contributed by atoms with Crippen LogP contribution in [0.15, 0.2) is 41.5 Å². The van der Waals surface area contributed by atoms with Crippen LogP contribution in [0.2, 0.25) is 10.0 Å². The van der Waals surface area contributed by atoms with Crippen LogP contribution in [0.1, 0.15) is 22.8 Å². The molecule has 0 aliphatic carbocycles. The zero-order valence-electron chi connectivity index (χ0n) is 13.2. The van der Waals surface area contributed by atoms with E-state index in [1.807, 2.05) is 6.92 Å². The Balaban J connectivity index is 2.11. The van der Waals surface area contributed by atoms with E-state index in [0.717, 1.165) is 0 Å². The molecule has 0 spiro atoms. The van der Waals surface area contributed by atoms with Crippen molar-refractivity contribution in [3.05, 3.63) is 57.6 Å². The largest absolute Gasteiger partial charge is 0.493 e. The van der Waals surface area contributed by atoms with E-state index in [1.54, 1.807) is 36.4 Å². The molecule has 1 N–H and O–H groups in total. The fourth-order valence-corrected chi connectivity index (χ4v) is 2.42. The maximum atomic E-state index is 12.0. The van der Waals surface area contributed by atoms with Crippen molar-refractivity contribution in [3.63, 3.8) is 0 Å². The van der Waals surface area contributed by atoms with Crippen LogP contribution in [0.3, 0.4) is 0 Å². The summed E-state index contributed by atoms with van der Waals surface area (Å²) in [7, 11) is 1.52. The van der Waals surface area contributed by atoms with E-state index in [1.165, 1.54) is 13.3 Å². The lowest BCUT2D eigenvalue weighted by Gasteiger charge is -2.11. The van der Waals surface area contributed by atoms with E-state index in [-0.39, 0.29) is 5.91 Å². The molecule has 0 atom stereocenters. The van der Waals surface area contributed by atoms with Gasteiger partial charge in [0, 0.05) is 10.6 Å². The number of hydrogen-bond acceptors (Lipinski definition) is 4. The summed E-state index contributed by atoms with van der Waals surface area (Å²) in [6, 6.07) is 9.97. The van der Waals surface area contributed by atoms with Gasteiger partial charge in [0.1, 0.15) is 0 Å². The summed E-state index contributed by atoms with van der Waals surface area (Å²) in [5.41, 5.74) is 3.51. The van der Waals surface area contributed by atoms with Crippen molar-refractivity contribution in [1.29, 1.82) is 0 Å². The number of carbonyl (C=O) groups excluding carboxylic acids is 1. The van der Waals surface area contributed by atoms with Gasteiger partial charge in [-0.25, -0.2) is 5.43 Å². The second kappa shape index (κ2) is 8.57. The van der Waals surface area contributed by atoms with Crippen LogP contribution in [-0.2, 0) is 0 Å². The SMILES string of the molecule is CCOc1c(Cl)cc(/C=N\NC(=O)c2cccc(Cl)c2)cc1OC. The van der Waals surface area contributed by atoms with Crippen molar-refractivity contribution in [2.24, 2.45) is 5.10 Å². The molecule has 0 radical (unpaired) electrons. The number of hydrazone groups is 1. The number of nitrogens with one attached hydrogen (secondary N) is 1. The van der Waals surface area contributed by atoms with Crippen molar-refractivity contribution in [2.75, 3.05) is 13.7 Å². The molecular formula is C17H16Cl2N2O3. The van der Waals surface area contributed by atoms with Crippen LogP contribution in [0.5, 0.6) is 11.5 Å². The fourth-order valence-electron chi connectivity index (χ4n) is 1.96. The van der Waals surface area contributed by atoms with Crippen molar-refractivity contribution in [1.82, 2.24) is 5.43 Å². The molecule has 1 amide bonds. The van der Waals surface area contributed by atoms with E-state index < -0.39 is 0 Å². The van der Waals surface area contributed by atoms with Crippen LogP contribution in [0.4, 0.5) is 0 Å². The molecule has 0 saturated heterocycles. The van der Waals surface area contributed by atoms with Crippen LogP contribution in [0.25, 0.3) is 0 Å². The molecule has 2 aromatic rings. The van der Waals surface area contributed by atoms with Gasteiger partial charge in [0.15, 0.2) is 11.5 Å². The molecule has 2 rings (SSSR count). The molecule has 0 aromatic heterocycles. The Hall–Kier alpha value is -2.24. The van der Waals surface area contributed by atoms with Gasteiger partial charge in [0.2, 0.25) is 0 Å². The van der Waals surface area contributed by atoms with Crippen molar-refractivity contribution >= 4 is 35.3 Å². The quantitative estimate of drug-likeness (QED) is 0.616. The molecule has 0 bridgehead atoms. The van der Waals surface area contributed by atoms with Gasteiger partial charge in [-0.05, 0) is 42.8 Å². The minimum atomic E-state index is -0.363. The van der Waals surface area contributed by atoms with Gasteiger partial charge >= 0.3 is 0 Å². The molecule has 0 fully saturated rings. The first kappa shape index (κ1) is 18.1. The Labute approximate surface area is 150 Å². The fraction of sp³-hybridized carbons (Fsp3) is 0.176. The van der Waals surface area contributed by atoms with Gasteiger partial charge < -0.3 is 9.47 Å². The monoisotopic (exact) mass is 366 g/mol. The third-order valence-corrected chi connectivity index (χ3v) is 3.52. The predicted molar refractivity (Wildman–Crippen MR) is 95.7 cm³/mol. The first-order valence-electron chi connectivity index (χ1n) is 7.14. The lowest BCUT2D eigenvalue weighted by molar-refractivity contribution is 0.0955. The standard InChI is InChI=1S/C17H16Cl2N2O3/c1-3-24-16-14(19)7-11(8-15(16)23-2)10-20-21-17(22)12-5-4-6-13(18)9-12/h4-10H,3H2,1-2H3,(H,21,22)/b20-10-. The number of amides is 1. The number of rotatable bonds is 6. The molecular weight excluding hydrogens is 351 g/mol. The number of ether oxygens (including phenoxy) is 2. The van der Waals surface area contributed by atoms with Gasteiger partial charge in [-0.3, -0.25) is 4.79 Å². The first-order valence-corrected chi connectivity index (χ1v) is 7.90. The normalized spacial score (nSPS) is 10.7. The minimum Gasteiger partial charge on any atom is -0.493 e. The molecule has 0 heterocycles. The van der Waals surface area contributed by atoms with Gasteiger partial charge in [-0.1, -0.05) is 29.3 Å². The number of benzene rings is 2. The van der Waals surface area contributed by atoms with Gasteiger partial charge in [0.25, 0.3) is 5.91 Å². The number of hydrogen-bond donors (Lipinski definition) is 1. The zero-order chi connectivity index (χ0) is 17.5. The Kier molecular flexibility index (Phi) is 6.46. The maximum absolute atomic E-state index is 12.0. The van der Waals surface area contributed by atoms with Crippen LogP contribution in [0, 0.1) is 0 Å². The molecule has 126 valence electrons. The third kappa shape index (κ3) is 4.63. The van der Waals surface area contributed by atoms with E-state index in [9.17, 15) is 4.79 Å². The summed E-state index contributed by atoms with van der Waals surface area (Å²) in [5, 5.41) is 4.80.